The van der Waals surface area contributed by atoms with Crippen molar-refractivity contribution in [3.8, 4) is 0 Å². The van der Waals surface area contributed by atoms with E-state index in [1.807, 2.05) is 6.92 Å². The summed E-state index contributed by atoms with van der Waals surface area (Å²) in [7, 11) is -3.87. The van der Waals surface area contributed by atoms with Crippen molar-refractivity contribution in [2.24, 2.45) is 11.8 Å². The third-order valence-electron chi connectivity index (χ3n) is 5.13. The summed E-state index contributed by atoms with van der Waals surface area (Å²) >= 11 is 0. The first kappa shape index (κ1) is 23.8. The summed E-state index contributed by atoms with van der Waals surface area (Å²) in [5, 5.41) is 12.8. The molecule has 30 heavy (non-hydrogen) atoms. The highest BCUT2D eigenvalue weighted by atomic mass is 32.2. The maximum atomic E-state index is 13.0. The number of carboxylic acids is 1. The first-order valence-corrected chi connectivity index (χ1v) is 11.3. The van der Waals surface area contributed by atoms with Gasteiger partial charge >= 0.3 is 0 Å². The number of hydrogen-bond acceptors (Lipinski definition) is 6. The molecule has 1 atom stereocenters. The van der Waals surface area contributed by atoms with Gasteiger partial charge < -0.3 is 20.1 Å². The molecule has 0 aliphatic carbocycles. The summed E-state index contributed by atoms with van der Waals surface area (Å²) in [6, 6.07) is 5.44. The predicted octanol–water partition coefficient (Wildman–Crippen LogP) is -0.597. The monoisotopic (exact) mass is 438 g/mol. The van der Waals surface area contributed by atoms with Gasteiger partial charge in [-0.2, -0.15) is 4.72 Å². The van der Waals surface area contributed by atoms with E-state index in [4.69, 9.17) is 0 Å². The molecule has 1 aliphatic heterocycles. The molecule has 0 bridgehead atoms. The zero-order chi connectivity index (χ0) is 22.5. The van der Waals surface area contributed by atoms with Gasteiger partial charge in [0, 0.05) is 19.0 Å². The molecule has 1 aromatic rings. The Morgan fingerprint density at radius 1 is 1.13 bits per heavy atom. The van der Waals surface area contributed by atoms with Crippen molar-refractivity contribution in [3.05, 3.63) is 29.8 Å². The second kappa shape index (κ2) is 10.0. The van der Waals surface area contributed by atoms with Crippen molar-refractivity contribution in [1.29, 1.82) is 0 Å². The zero-order valence-electron chi connectivity index (χ0n) is 17.4. The smallest absolute Gasteiger partial charge is 0.241 e. The Bertz CT molecular complexity index is 874. The molecule has 1 fully saturated rings. The van der Waals surface area contributed by atoms with Crippen molar-refractivity contribution < 1.29 is 27.9 Å². The summed E-state index contributed by atoms with van der Waals surface area (Å²) in [6.45, 7) is 5.41. The number of sulfonamides is 1. The van der Waals surface area contributed by atoms with Crippen LogP contribution in [-0.4, -0.2) is 56.8 Å². The van der Waals surface area contributed by atoms with Gasteiger partial charge in [-0.05, 0) is 37.8 Å². The molecule has 10 heteroatoms. The normalized spacial score (nSPS) is 16.3. The Hall–Kier alpha value is -2.46. The Labute approximate surface area is 176 Å². The van der Waals surface area contributed by atoms with Gasteiger partial charge in [-0.3, -0.25) is 9.59 Å². The van der Waals surface area contributed by atoms with E-state index in [9.17, 15) is 27.9 Å². The van der Waals surface area contributed by atoms with E-state index in [2.05, 4.69) is 10.0 Å². The van der Waals surface area contributed by atoms with Crippen LogP contribution in [0.3, 0.4) is 0 Å². The summed E-state index contributed by atoms with van der Waals surface area (Å²) in [5.41, 5.74) is 0.928. The van der Waals surface area contributed by atoms with Crippen molar-refractivity contribution in [3.63, 3.8) is 0 Å². The lowest BCUT2D eigenvalue weighted by atomic mass is 9.94. The lowest BCUT2D eigenvalue weighted by molar-refractivity contribution is -0.304. The average Bonchev–Trinajstić information content (AvgIpc) is 2.70. The molecule has 2 N–H and O–H groups in total. The number of nitrogens with one attached hydrogen (secondary N) is 2. The standard InChI is InChI=1S/C20H29N3O6S/c1-13(2)18(22-30(28,29)16-6-4-14(3)5-7-16)20(27)23-10-8-15(9-11-23)19(26)21-12-17(24)25/h4-7,13,15,18,22H,8-12H2,1-3H3,(H,21,26)(H,24,25)/p-1/t18-/m0/s1. The van der Waals surface area contributed by atoms with Crippen LogP contribution in [0, 0.1) is 18.8 Å². The van der Waals surface area contributed by atoms with E-state index < -0.39 is 34.5 Å². The molecule has 1 saturated heterocycles. The van der Waals surface area contributed by atoms with Gasteiger partial charge in [0.05, 0.1) is 17.4 Å². The topological polar surface area (TPSA) is 136 Å². The fourth-order valence-electron chi connectivity index (χ4n) is 3.29. The molecule has 2 rings (SSSR count). The van der Waals surface area contributed by atoms with Gasteiger partial charge in [0.25, 0.3) is 0 Å². The minimum atomic E-state index is -3.87. The largest absolute Gasteiger partial charge is 0.548 e. The fourth-order valence-corrected chi connectivity index (χ4v) is 4.62. The van der Waals surface area contributed by atoms with Gasteiger partial charge in [0.1, 0.15) is 6.04 Å². The number of carboxylic acid groups (broad SMARTS) is 1. The Balaban J connectivity index is 2.02. The number of hydrogen-bond donors (Lipinski definition) is 2. The van der Waals surface area contributed by atoms with Gasteiger partial charge in [0.15, 0.2) is 0 Å². The molecule has 0 aromatic heterocycles. The lowest BCUT2D eigenvalue weighted by Crippen LogP contribution is -2.53. The number of likely N-dealkylation sites (tertiary alicyclic amines) is 1. The Morgan fingerprint density at radius 2 is 1.70 bits per heavy atom. The third-order valence-corrected chi connectivity index (χ3v) is 6.59. The predicted molar refractivity (Wildman–Crippen MR) is 107 cm³/mol. The van der Waals surface area contributed by atoms with Crippen LogP contribution in [0.1, 0.15) is 32.3 Å². The first-order chi connectivity index (χ1) is 14.0. The highest BCUT2D eigenvalue weighted by Gasteiger charge is 2.34. The van der Waals surface area contributed by atoms with Crippen LogP contribution in [0.15, 0.2) is 29.2 Å². The minimum Gasteiger partial charge on any atom is -0.548 e. The van der Waals surface area contributed by atoms with Crippen LogP contribution in [0.25, 0.3) is 0 Å². The van der Waals surface area contributed by atoms with Gasteiger partial charge in [-0.15, -0.1) is 0 Å². The maximum Gasteiger partial charge on any atom is 0.241 e. The maximum absolute atomic E-state index is 13.0. The molecule has 0 unspecified atom stereocenters. The molecule has 166 valence electrons. The van der Waals surface area contributed by atoms with Crippen LogP contribution in [-0.2, 0) is 24.4 Å². The van der Waals surface area contributed by atoms with E-state index in [-0.39, 0.29) is 35.7 Å². The van der Waals surface area contributed by atoms with Crippen LogP contribution in [0.2, 0.25) is 0 Å². The fraction of sp³-hybridized carbons (Fsp3) is 0.550. The van der Waals surface area contributed by atoms with E-state index in [0.717, 1.165) is 5.56 Å². The van der Waals surface area contributed by atoms with Crippen molar-refractivity contribution in [2.75, 3.05) is 19.6 Å². The quantitative estimate of drug-likeness (QED) is 0.556. The number of carbonyl (C=O) groups excluding carboxylic acids is 3. The highest BCUT2D eigenvalue weighted by molar-refractivity contribution is 7.89. The van der Waals surface area contributed by atoms with E-state index in [0.29, 0.717) is 12.8 Å². The number of benzene rings is 1. The van der Waals surface area contributed by atoms with Crippen LogP contribution in [0.5, 0.6) is 0 Å². The van der Waals surface area contributed by atoms with Crippen LogP contribution in [0.4, 0.5) is 0 Å². The number of aryl methyl sites for hydroxylation is 1. The van der Waals surface area contributed by atoms with Gasteiger partial charge in [-0.1, -0.05) is 31.5 Å². The van der Waals surface area contributed by atoms with E-state index in [1.54, 1.807) is 30.9 Å². The SMILES string of the molecule is Cc1ccc(S(=O)(=O)N[C@H](C(=O)N2CCC(C(=O)NCC(=O)[O-])CC2)C(C)C)cc1. The van der Waals surface area contributed by atoms with Gasteiger partial charge in [0.2, 0.25) is 21.8 Å². The van der Waals surface area contributed by atoms with Crippen molar-refractivity contribution in [2.45, 2.75) is 44.6 Å². The molecular weight excluding hydrogens is 410 g/mol. The highest BCUT2D eigenvalue weighted by Crippen LogP contribution is 2.20. The molecule has 0 radical (unpaired) electrons. The summed E-state index contributed by atoms with van der Waals surface area (Å²) in [5.74, 6) is -2.75. The second-order valence-corrected chi connectivity index (χ2v) is 9.56. The molecule has 1 heterocycles. The molecule has 2 amide bonds. The van der Waals surface area contributed by atoms with Crippen LogP contribution < -0.4 is 15.1 Å². The molecule has 1 aliphatic rings. The van der Waals surface area contributed by atoms with Gasteiger partial charge in [-0.25, -0.2) is 8.42 Å². The number of piperidine rings is 1. The average molecular weight is 439 g/mol. The number of carbonyl (C=O) groups is 3. The Morgan fingerprint density at radius 3 is 2.20 bits per heavy atom. The second-order valence-electron chi connectivity index (χ2n) is 7.85. The zero-order valence-corrected chi connectivity index (χ0v) is 18.2. The third kappa shape index (κ3) is 6.27. The summed E-state index contributed by atoms with van der Waals surface area (Å²) in [6.07, 6.45) is 0.750. The number of amides is 2. The molecule has 0 saturated carbocycles. The number of nitrogens with zero attached hydrogens (tertiary/aromatic N) is 1. The van der Waals surface area contributed by atoms with E-state index in [1.165, 1.54) is 12.1 Å². The summed E-state index contributed by atoms with van der Waals surface area (Å²) in [4.78, 5) is 37.1. The minimum absolute atomic E-state index is 0.0925. The number of rotatable bonds is 8. The molecule has 9 nitrogen and oxygen atoms in total. The molecular formula is C20H28N3O6S-. The Kier molecular flexibility index (Phi) is 7.96. The molecule has 1 aromatic carbocycles. The van der Waals surface area contributed by atoms with Crippen molar-refractivity contribution >= 4 is 27.8 Å². The first-order valence-electron chi connectivity index (χ1n) is 9.86. The lowest BCUT2D eigenvalue weighted by Gasteiger charge is -2.35. The molecule has 0 spiro atoms. The summed E-state index contributed by atoms with van der Waals surface area (Å²) < 4.78 is 28.0. The van der Waals surface area contributed by atoms with E-state index >= 15 is 0 Å². The van der Waals surface area contributed by atoms with Crippen LogP contribution >= 0.6 is 0 Å². The number of aliphatic carboxylic acids is 1. The van der Waals surface area contributed by atoms with Crippen molar-refractivity contribution in [1.82, 2.24) is 14.9 Å².